The smallest absolute Gasteiger partial charge is 0.321 e. The zero-order valence-electron chi connectivity index (χ0n) is 15.4. The zero-order chi connectivity index (χ0) is 17.4. The number of anilines is 2. The van der Waals surface area contributed by atoms with Crippen LogP contribution in [-0.2, 0) is 0 Å². The highest BCUT2D eigenvalue weighted by Gasteiger charge is 2.48. The first-order valence-electron chi connectivity index (χ1n) is 9.77. The summed E-state index contributed by atoms with van der Waals surface area (Å²) in [6, 6.07) is 8.86. The number of hydrogen-bond donors (Lipinski definition) is 1. The number of nitrogens with one attached hydrogen (secondary N) is 1. The summed E-state index contributed by atoms with van der Waals surface area (Å²) in [5, 5.41) is 3.16. The highest BCUT2D eigenvalue weighted by atomic mass is 16.2. The van der Waals surface area contributed by atoms with Crippen molar-refractivity contribution in [3.63, 3.8) is 0 Å². The lowest BCUT2D eigenvalue weighted by molar-refractivity contribution is 0.157. The fourth-order valence-corrected chi connectivity index (χ4v) is 5.00. The molecule has 25 heavy (non-hydrogen) atoms. The SMILES string of the molecule is CCN(C)c1ccccc1NC(=O)N1CC2CN3CCCCC3C2C1. The Morgan fingerprint density at radius 1 is 1.24 bits per heavy atom. The second-order valence-corrected chi connectivity index (χ2v) is 7.85. The van der Waals surface area contributed by atoms with Gasteiger partial charge in [0.25, 0.3) is 0 Å². The number of para-hydroxylation sites is 2. The molecule has 5 nitrogen and oxygen atoms in total. The number of benzene rings is 1. The molecule has 0 bridgehead atoms. The minimum Gasteiger partial charge on any atom is -0.373 e. The van der Waals surface area contributed by atoms with Crippen LogP contribution < -0.4 is 10.2 Å². The van der Waals surface area contributed by atoms with Crippen LogP contribution in [0.5, 0.6) is 0 Å². The number of carbonyl (C=O) groups excluding carboxylic acids is 1. The summed E-state index contributed by atoms with van der Waals surface area (Å²) in [5.74, 6) is 1.35. The van der Waals surface area contributed by atoms with Gasteiger partial charge in [-0.1, -0.05) is 18.6 Å². The van der Waals surface area contributed by atoms with Crippen molar-refractivity contribution in [2.75, 3.05) is 50.0 Å². The van der Waals surface area contributed by atoms with E-state index < -0.39 is 0 Å². The van der Waals surface area contributed by atoms with Gasteiger partial charge in [-0.05, 0) is 50.3 Å². The third-order valence-corrected chi connectivity index (χ3v) is 6.44. The molecule has 3 heterocycles. The summed E-state index contributed by atoms with van der Waals surface area (Å²) in [7, 11) is 2.06. The molecule has 3 atom stereocenters. The summed E-state index contributed by atoms with van der Waals surface area (Å²) in [4.78, 5) is 19.7. The first-order valence-corrected chi connectivity index (χ1v) is 9.77. The van der Waals surface area contributed by atoms with Crippen LogP contribution in [0.3, 0.4) is 0 Å². The van der Waals surface area contributed by atoms with Gasteiger partial charge in [0.2, 0.25) is 0 Å². The predicted molar refractivity (Wildman–Crippen MR) is 102 cm³/mol. The highest BCUT2D eigenvalue weighted by Crippen LogP contribution is 2.40. The van der Waals surface area contributed by atoms with E-state index in [2.05, 4.69) is 35.2 Å². The Morgan fingerprint density at radius 3 is 2.92 bits per heavy atom. The summed E-state index contributed by atoms with van der Waals surface area (Å²) in [6.45, 7) is 7.32. The van der Waals surface area contributed by atoms with E-state index in [1.54, 1.807) is 0 Å². The lowest BCUT2D eigenvalue weighted by atomic mass is 9.90. The Balaban J connectivity index is 1.42. The van der Waals surface area contributed by atoms with E-state index in [1.165, 1.54) is 32.4 Å². The van der Waals surface area contributed by atoms with Crippen LogP contribution in [0.1, 0.15) is 26.2 Å². The molecule has 3 unspecified atom stereocenters. The van der Waals surface area contributed by atoms with Gasteiger partial charge in [0.15, 0.2) is 0 Å². The molecule has 136 valence electrons. The number of hydrogen-bond acceptors (Lipinski definition) is 3. The van der Waals surface area contributed by atoms with Gasteiger partial charge in [-0.3, -0.25) is 4.90 Å². The van der Waals surface area contributed by atoms with Gasteiger partial charge in [0.1, 0.15) is 0 Å². The minimum absolute atomic E-state index is 0.0636. The number of piperidine rings is 1. The minimum atomic E-state index is 0.0636. The van der Waals surface area contributed by atoms with E-state index in [0.29, 0.717) is 11.8 Å². The third-order valence-electron chi connectivity index (χ3n) is 6.44. The van der Waals surface area contributed by atoms with Crippen molar-refractivity contribution in [1.82, 2.24) is 9.80 Å². The molecule has 5 heteroatoms. The standard InChI is InChI=1S/C20H30N4O/c1-3-22(2)19-10-5-4-8-17(19)21-20(25)24-13-15-12-23-11-7-6-9-18(23)16(15)14-24/h4-5,8,10,15-16,18H,3,6-7,9,11-14H2,1-2H3,(H,21,25). The van der Waals surface area contributed by atoms with Crippen LogP contribution in [0.15, 0.2) is 24.3 Å². The lowest BCUT2D eigenvalue weighted by Crippen LogP contribution is -2.42. The monoisotopic (exact) mass is 342 g/mol. The van der Waals surface area contributed by atoms with Crippen molar-refractivity contribution in [2.45, 2.75) is 32.2 Å². The molecule has 1 aromatic carbocycles. The average molecular weight is 342 g/mol. The topological polar surface area (TPSA) is 38.8 Å². The van der Waals surface area contributed by atoms with Crippen molar-refractivity contribution < 1.29 is 4.79 Å². The van der Waals surface area contributed by atoms with Crippen LogP contribution >= 0.6 is 0 Å². The maximum atomic E-state index is 12.9. The van der Waals surface area contributed by atoms with Crippen molar-refractivity contribution in [1.29, 1.82) is 0 Å². The van der Waals surface area contributed by atoms with Gasteiger partial charge >= 0.3 is 6.03 Å². The predicted octanol–water partition coefficient (Wildman–Crippen LogP) is 3.09. The average Bonchev–Trinajstić information content (AvgIpc) is 3.19. The molecule has 0 spiro atoms. The molecule has 3 saturated heterocycles. The van der Waals surface area contributed by atoms with Gasteiger partial charge in [-0.2, -0.15) is 0 Å². The Bertz CT molecular complexity index is 634. The molecule has 0 aliphatic carbocycles. The van der Waals surface area contributed by atoms with E-state index >= 15 is 0 Å². The van der Waals surface area contributed by atoms with Crippen LogP contribution in [0, 0.1) is 11.8 Å². The second kappa shape index (κ2) is 6.87. The Morgan fingerprint density at radius 2 is 2.08 bits per heavy atom. The molecular weight excluding hydrogens is 312 g/mol. The fourth-order valence-electron chi connectivity index (χ4n) is 5.00. The normalized spacial score (nSPS) is 28.6. The highest BCUT2D eigenvalue weighted by molar-refractivity contribution is 5.93. The molecule has 2 amide bonds. The summed E-state index contributed by atoms with van der Waals surface area (Å²) in [6.07, 6.45) is 4.02. The van der Waals surface area contributed by atoms with Gasteiger partial charge < -0.3 is 15.1 Å². The Hall–Kier alpha value is -1.75. The maximum absolute atomic E-state index is 12.9. The number of urea groups is 1. The van der Waals surface area contributed by atoms with Crippen LogP contribution in [-0.4, -0.2) is 61.6 Å². The molecule has 1 N–H and O–H groups in total. The molecule has 3 aliphatic rings. The number of rotatable bonds is 3. The molecule has 4 rings (SSSR count). The molecular formula is C20H30N4O. The lowest BCUT2D eigenvalue weighted by Gasteiger charge is -2.33. The van der Waals surface area contributed by atoms with Crippen LogP contribution in [0.25, 0.3) is 0 Å². The summed E-state index contributed by atoms with van der Waals surface area (Å²) < 4.78 is 0. The molecule has 0 saturated carbocycles. The second-order valence-electron chi connectivity index (χ2n) is 7.85. The van der Waals surface area contributed by atoms with E-state index in [0.717, 1.165) is 37.1 Å². The molecule has 0 radical (unpaired) electrons. The van der Waals surface area contributed by atoms with E-state index in [4.69, 9.17) is 0 Å². The third kappa shape index (κ3) is 3.10. The molecule has 3 fully saturated rings. The van der Waals surface area contributed by atoms with Gasteiger partial charge in [-0.25, -0.2) is 4.79 Å². The van der Waals surface area contributed by atoms with E-state index in [1.807, 2.05) is 23.1 Å². The van der Waals surface area contributed by atoms with Crippen LogP contribution in [0.2, 0.25) is 0 Å². The Labute approximate surface area is 151 Å². The van der Waals surface area contributed by atoms with Gasteiger partial charge in [-0.15, -0.1) is 0 Å². The maximum Gasteiger partial charge on any atom is 0.321 e. The molecule has 0 aromatic heterocycles. The zero-order valence-corrected chi connectivity index (χ0v) is 15.4. The van der Waals surface area contributed by atoms with Gasteiger partial charge in [0.05, 0.1) is 11.4 Å². The quantitative estimate of drug-likeness (QED) is 0.917. The van der Waals surface area contributed by atoms with Crippen molar-refractivity contribution in [2.24, 2.45) is 11.8 Å². The number of fused-ring (bicyclic) bond motifs is 3. The van der Waals surface area contributed by atoms with Crippen molar-refractivity contribution in [3.8, 4) is 0 Å². The summed E-state index contributed by atoms with van der Waals surface area (Å²) in [5.41, 5.74) is 1.99. The van der Waals surface area contributed by atoms with Crippen LogP contribution in [0.4, 0.5) is 16.2 Å². The van der Waals surface area contributed by atoms with Gasteiger partial charge in [0, 0.05) is 39.3 Å². The van der Waals surface area contributed by atoms with E-state index in [-0.39, 0.29) is 6.03 Å². The first kappa shape index (κ1) is 16.7. The fraction of sp³-hybridized carbons (Fsp3) is 0.650. The number of nitrogens with zero attached hydrogens (tertiary/aromatic N) is 3. The summed E-state index contributed by atoms with van der Waals surface area (Å²) >= 11 is 0. The van der Waals surface area contributed by atoms with Crippen molar-refractivity contribution >= 4 is 17.4 Å². The number of carbonyl (C=O) groups is 1. The largest absolute Gasteiger partial charge is 0.373 e. The molecule has 1 aromatic rings. The first-order chi connectivity index (χ1) is 12.2. The number of likely N-dealkylation sites (tertiary alicyclic amines) is 1. The Kier molecular flexibility index (Phi) is 4.59. The van der Waals surface area contributed by atoms with Crippen molar-refractivity contribution in [3.05, 3.63) is 24.3 Å². The van der Waals surface area contributed by atoms with E-state index in [9.17, 15) is 4.79 Å². The number of amides is 2. The molecule has 3 aliphatic heterocycles.